The van der Waals surface area contributed by atoms with Crippen LogP contribution in [0, 0.1) is 5.92 Å². The van der Waals surface area contributed by atoms with Gasteiger partial charge in [-0.05, 0) is 26.2 Å². The standard InChI is InChI=1S/C10H18N2O/c1-7(2)5-9-6-12(8(3)4)10(13)11-9/h6-8H,5H2,1-4H3,(H,11,13). The van der Waals surface area contributed by atoms with Gasteiger partial charge in [-0.15, -0.1) is 0 Å². The molecule has 0 fully saturated rings. The van der Waals surface area contributed by atoms with Crippen molar-refractivity contribution in [3.63, 3.8) is 0 Å². The first kappa shape index (κ1) is 10.1. The molecule has 1 aromatic heterocycles. The summed E-state index contributed by atoms with van der Waals surface area (Å²) in [5.74, 6) is 0.582. The van der Waals surface area contributed by atoms with Crippen LogP contribution in [0.5, 0.6) is 0 Å². The van der Waals surface area contributed by atoms with Gasteiger partial charge in [0.15, 0.2) is 0 Å². The molecule has 0 amide bonds. The Morgan fingerprint density at radius 1 is 1.38 bits per heavy atom. The Labute approximate surface area is 78.8 Å². The first-order chi connectivity index (χ1) is 6.00. The van der Waals surface area contributed by atoms with Gasteiger partial charge in [-0.2, -0.15) is 0 Å². The SMILES string of the molecule is CC(C)Cc1cn(C(C)C)c(=O)[nH]1. The molecular formula is C10H18N2O. The van der Waals surface area contributed by atoms with E-state index in [9.17, 15) is 4.79 Å². The van der Waals surface area contributed by atoms with Crippen molar-refractivity contribution in [3.8, 4) is 0 Å². The lowest BCUT2D eigenvalue weighted by molar-refractivity contribution is 0.579. The molecule has 1 aromatic rings. The van der Waals surface area contributed by atoms with Gasteiger partial charge in [-0.3, -0.25) is 4.57 Å². The topological polar surface area (TPSA) is 37.8 Å². The molecule has 1 rings (SSSR count). The second-order valence-corrected chi connectivity index (χ2v) is 4.18. The number of hydrogen-bond donors (Lipinski definition) is 1. The van der Waals surface area contributed by atoms with Gasteiger partial charge < -0.3 is 4.98 Å². The van der Waals surface area contributed by atoms with Gasteiger partial charge in [0.25, 0.3) is 0 Å². The lowest BCUT2D eigenvalue weighted by atomic mass is 10.1. The fourth-order valence-corrected chi connectivity index (χ4v) is 1.39. The molecule has 3 heteroatoms. The lowest BCUT2D eigenvalue weighted by Crippen LogP contribution is -2.17. The second kappa shape index (κ2) is 3.81. The highest BCUT2D eigenvalue weighted by atomic mass is 16.1. The monoisotopic (exact) mass is 182 g/mol. The summed E-state index contributed by atoms with van der Waals surface area (Å²) in [6.07, 6.45) is 2.86. The van der Waals surface area contributed by atoms with E-state index in [2.05, 4.69) is 18.8 Å². The first-order valence-corrected chi connectivity index (χ1v) is 4.80. The van der Waals surface area contributed by atoms with Gasteiger partial charge in [-0.25, -0.2) is 4.79 Å². The van der Waals surface area contributed by atoms with Crippen LogP contribution in [0.2, 0.25) is 0 Å². The molecule has 0 atom stereocenters. The highest BCUT2D eigenvalue weighted by molar-refractivity contribution is 4.98. The van der Waals surface area contributed by atoms with Crippen LogP contribution in [0.25, 0.3) is 0 Å². The Balaban J connectivity index is 2.89. The van der Waals surface area contributed by atoms with Crippen molar-refractivity contribution in [2.75, 3.05) is 0 Å². The van der Waals surface area contributed by atoms with E-state index >= 15 is 0 Å². The molecule has 0 aliphatic heterocycles. The van der Waals surface area contributed by atoms with Gasteiger partial charge in [0.1, 0.15) is 0 Å². The summed E-state index contributed by atoms with van der Waals surface area (Å²) in [4.78, 5) is 14.2. The molecule has 0 unspecified atom stereocenters. The summed E-state index contributed by atoms with van der Waals surface area (Å²) >= 11 is 0. The van der Waals surface area contributed by atoms with Crippen LogP contribution in [-0.2, 0) is 6.42 Å². The van der Waals surface area contributed by atoms with E-state index in [0.29, 0.717) is 5.92 Å². The zero-order valence-corrected chi connectivity index (χ0v) is 8.79. The smallest absolute Gasteiger partial charge is 0.310 e. The van der Waals surface area contributed by atoms with Crippen LogP contribution in [0.15, 0.2) is 11.0 Å². The van der Waals surface area contributed by atoms with Gasteiger partial charge in [-0.1, -0.05) is 13.8 Å². The van der Waals surface area contributed by atoms with Crippen molar-refractivity contribution < 1.29 is 0 Å². The number of hydrogen-bond acceptors (Lipinski definition) is 1. The molecule has 13 heavy (non-hydrogen) atoms. The largest absolute Gasteiger partial charge is 0.325 e. The van der Waals surface area contributed by atoms with Crippen LogP contribution >= 0.6 is 0 Å². The molecule has 0 spiro atoms. The van der Waals surface area contributed by atoms with Crippen LogP contribution in [0.3, 0.4) is 0 Å². The van der Waals surface area contributed by atoms with Crippen LogP contribution in [0.4, 0.5) is 0 Å². The minimum absolute atomic E-state index is 0.00523. The number of aromatic amines is 1. The summed E-state index contributed by atoms with van der Waals surface area (Å²) < 4.78 is 1.73. The van der Waals surface area contributed by atoms with Gasteiger partial charge in [0.2, 0.25) is 0 Å². The van der Waals surface area contributed by atoms with Crippen molar-refractivity contribution in [2.24, 2.45) is 5.92 Å². The predicted octanol–water partition coefficient (Wildman–Crippen LogP) is 1.96. The summed E-state index contributed by atoms with van der Waals surface area (Å²) in [6, 6.07) is 0.240. The number of nitrogens with zero attached hydrogens (tertiary/aromatic N) is 1. The van der Waals surface area contributed by atoms with E-state index in [1.165, 1.54) is 0 Å². The number of imidazole rings is 1. The molecular weight excluding hydrogens is 164 g/mol. The zero-order chi connectivity index (χ0) is 10.0. The summed E-state index contributed by atoms with van der Waals surface area (Å²) in [5.41, 5.74) is 1.04. The molecule has 0 aliphatic carbocycles. The Bertz CT molecular complexity index is 320. The van der Waals surface area contributed by atoms with Crippen LogP contribution < -0.4 is 5.69 Å². The summed E-state index contributed by atoms with van der Waals surface area (Å²) in [7, 11) is 0. The first-order valence-electron chi connectivity index (χ1n) is 4.80. The highest BCUT2D eigenvalue weighted by Crippen LogP contribution is 2.06. The molecule has 0 bridgehead atoms. The van der Waals surface area contributed by atoms with Crippen molar-refractivity contribution in [1.29, 1.82) is 0 Å². The maximum atomic E-state index is 11.4. The molecule has 0 saturated carbocycles. The lowest BCUT2D eigenvalue weighted by Gasteiger charge is -2.03. The summed E-state index contributed by atoms with van der Waals surface area (Å²) in [6.45, 7) is 8.30. The maximum Gasteiger partial charge on any atom is 0.325 e. The Hall–Kier alpha value is -0.990. The molecule has 0 saturated heterocycles. The minimum Gasteiger partial charge on any atom is -0.310 e. The Morgan fingerprint density at radius 2 is 2.00 bits per heavy atom. The van der Waals surface area contributed by atoms with Gasteiger partial charge in [0, 0.05) is 17.9 Å². The van der Waals surface area contributed by atoms with E-state index in [0.717, 1.165) is 12.1 Å². The van der Waals surface area contributed by atoms with Crippen molar-refractivity contribution in [1.82, 2.24) is 9.55 Å². The van der Waals surface area contributed by atoms with E-state index in [-0.39, 0.29) is 11.7 Å². The zero-order valence-electron chi connectivity index (χ0n) is 8.79. The average molecular weight is 182 g/mol. The fourth-order valence-electron chi connectivity index (χ4n) is 1.39. The molecule has 1 heterocycles. The van der Waals surface area contributed by atoms with Crippen molar-refractivity contribution in [2.45, 2.75) is 40.2 Å². The Kier molecular flexibility index (Phi) is 2.96. The van der Waals surface area contributed by atoms with Crippen molar-refractivity contribution in [3.05, 3.63) is 22.4 Å². The number of aromatic nitrogens is 2. The normalized spacial score (nSPS) is 11.5. The minimum atomic E-state index is 0.00523. The second-order valence-electron chi connectivity index (χ2n) is 4.18. The van der Waals surface area contributed by atoms with E-state index in [4.69, 9.17) is 0 Å². The molecule has 1 N–H and O–H groups in total. The predicted molar refractivity (Wildman–Crippen MR) is 54.0 cm³/mol. The molecule has 0 radical (unpaired) electrons. The van der Waals surface area contributed by atoms with E-state index in [1.807, 2.05) is 20.0 Å². The molecule has 3 nitrogen and oxygen atoms in total. The van der Waals surface area contributed by atoms with E-state index < -0.39 is 0 Å². The third-order valence-electron chi connectivity index (χ3n) is 1.98. The highest BCUT2D eigenvalue weighted by Gasteiger charge is 2.06. The average Bonchev–Trinajstić information content (AvgIpc) is 2.29. The van der Waals surface area contributed by atoms with Gasteiger partial charge in [0.05, 0.1) is 0 Å². The number of H-pyrrole nitrogens is 1. The third kappa shape index (κ3) is 2.47. The summed E-state index contributed by atoms with van der Waals surface area (Å²) in [5, 5.41) is 0. The molecule has 0 aliphatic rings. The van der Waals surface area contributed by atoms with Gasteiger partial charge >= 0.3 is 5.69 Å². The number of rotatable bonds is 3. The Morgan fingerprint density at radius 3 is 2.38 bits per heavy atom. The molecule has 0 aromatic carbocycles. The quantitative estimate of drug-likeness (QED) is 0.762. The number of nitrogens with one attached hydrogen (secondary N) is 1. The molecule has 74 valence electrons. The third-order valence-corrected chi connectivity index (χ3v) is 1.98. The van der Waals surface area contributed by atoms with E-state index in [1.54, 1.807) is 4.57 Å². The fraction of sp³-hybridized carbons (Fsp3) is 0.700. The van der Waals surface area contributed by atoms with Crippen molar-refractivity contribution >= 4 is 0 Å². The van der Waals surface area contributed by atoms with Crippen LogP contribution in [-0.4, -0.2) is 9.55 Å². The van der Waals surface area contributed by atoms with Crippen LogP contribution in [0.1, 0.15) is 39.4 Å². The maximum absolute atomic E-state index is 11.4.